The van der Waals surface area contributed by atoms with Gasteiger partial charge in [0.1, 0.15) is 5.82 Å². The molecule has 0 aliphatic carbocycles. The highest BCUT2D eigenvalue weighted by Gasteiger charge is 2.20. The monoisotopic (exact) mass is 432 g/mol. The van der Waals surface area contributed by atoms with Crippen LogP contribution < -0.4 is 0 Å². The quantitative estimate of drug-likeness (QED) is 0.383. The molecule has 0 nitrogen and oxygen atoms in total. The summed E-state index contributed by atoms with van der Waals surface area (Å²) in [5, 5.41) is 3.31. The lowest BCUT2D eigenvalue weighted by Crippen LogP contribution is -1.96. The highest BCUT2D eigenvalue weighted by Crippen LogP contribution is 2.42. The predicted octanol–water partition coefficient (Wildman–Crippen LogP) is 6.94. The molecule has 3 aromatic rings. The van der Waals surface area contributed by atoms with Gasteiger partial charge in [0.05, 0.1) is 9.85 Å². The molecule has 1 heterocycles. The zero-order valence-corrected chi connectivity index (χ0v) is 14.8. The number of fused-ring (bicyclic) bond motifs is 1. The highest BCUT2D eigenvalue weighted by atomic mass is 79.9. The third-order valence-electron chi connectivity index (χ3n) is 3.11. The second kappa shape index (κ2) is 5.76. The molecular weight excluding hydrogens is 426 g/mol. The van der Waals surface area contributed by atoms with Gasteiger partial charge >= 0.3 is 0 Å². The Morgan fingerprint density at radius 1 is 1.10 bits per heavy atom. The van der Waals surface area contributed by atoms with Crippen LogP contribution in [0, 0.1) is 5.82 Å². The summed E-state index contributed by atoms with van der Waals surface area (Å²) in [6.07, 6.45) is 0. The lowest BCUT2D eigenvalue weighted by molar-refractivity contribution is 0.614. The Kier molecular flexibility index (Phi) is 4.18. The van der Waals surface area contributed by atoms with Gasteiger partial charge in [-0.1, -0.05) is 51.8 Å². The molecule has 102 valence electrons. The van der Waals surface area contributed by atoms with E-state index in [4.69, 9.17) is 11.6 Å². The lowest BCUT2D eigenvalue weighted by atomic mass is 10.0. The molecule has 0 saturated carbocycles. The SMILES string of the molecule is Fc1c(Cl)cccc1C(Br)c1csc2c(Br)cccc12. The van der Waals surface area contributed by atoms with Crippen LogP contribution >= 0.6 is 54.8 Å². The zero-order valence-electron chi connectivity index (χ0n) is 10.0. The summed E-state index contributed by atoms with van der Waals surface area (Å²) in [7, 11) is 0. The van der Waals surface area contributed by atoms with Crippen LogP contribution in [0.2, 0.25) is 5.02 Å². The molecule has 0 bridgehead atoms. The van der Waals surface area contributed by atoms with Gasteiger partial charge in [-0.05, 0) is 44.4 Å². The maximum atomic E-state index is 14.2. The molecule has 0 fully saturated rings. The molecule has 0 amide bonds. The second-order valence-electron chi connectivity index (χ2n) is 4.31. The van der Waals surface area contributed by atoms with Gasteiger partial charge in [0, 0.05) is 14.7 Å². The van der Waals surface area contributed by atoms with Gasteiger partial charge in [-0.2, -0.15) is 0 Å². The second-order valence-corrected chi connectivity index (χ2v) is 7.37. The smallest absolute Gasteiger partial charge is 0.146 e. The van der Waals surface area contributed by atoms with Crippen LogP contribution in [0.5, 0.6) is 0 Å². The van der Waals surface area contributed by atoms with Crippen molar-refractivity contribution in [3.63, 3.8) is 0 Å². The maximum absolute atomic E-state index is 14.2. The van der Waals surface area contributed by atoms with Crippen molar-refractivity contribution in [3.8, 4) is 0 Å². The van der Waals surface area contributed by atoms with E-state index in [1.165, 1.54) is 0 Å². The summed E-state index contributed by atoms with van der Waals surface area (Å²) in [5.74, 6) is -0.370. The van der Waals surface area contributed by atoms with E-state index in [0.29, 0.717) is 5.56 Å². The van der Waals surface area contributed by atoms with Gasteiger partial charge in [0.2, 0.25) is 0 Å². The third kappa shape index (κ3) is 2.43. The summed E-state index contributed by atoms with van der Waals surface area (Å²) < 4.78 is 16.4. The Balaban J connectivity index is 2.16. The predicted molar refractivity (Wildman–Crippen MR) is 91.7 cm³/mol. The normalized spacial score (nSPS) is 12.8. The first kappa shape index (κ1) is 14.5. The zero-order chi connectivity index (χ0) is 14.3. The maximum Gasteiger partial charge on any atom is 0.146 e. The molecular formula is C15H8Br2ClFS. The van der Waals surface area contributed by atoms with Gasteiger partial charge in [-0.25, -0.2) is 4.39 Å². The molecule has 0 radical (unpaired) electrons. The van der Waals surface area contributed by atoms with E-state index in [1.54, 1.807) is 29.5 Å². The van der Waals surface area contributed by atoms with Crippen molar-refractivity contribution in [1.29, 1.82) is 0 Å². The number of halogens is 4. The molecule has 3 rings (SSSR count). The minimum atomic E-state index is -0.370. The third-order valence-corrected chi connectivity index (χ3v) is 6.36. The molecule has 5 heteroatoms. The van der Waals surface area contributed by atoms with E-state index in [-0.39, 0.29) is 15.7 Å². The molecule has 0 aliphatic heterocycles. The van der Waals surface area contributed by atoms with E-state index < -0.39 is 0 Å². The van der Waals surface area contributed by atoms with Crippen LogP contribution in [0.1, 0.15) is 16.0 Å². The summed E-state index contributed by atoms with van der Waals surface area (Å²) in [5.41, 5.74) is 1.60. The first-order valence-electron chi connectivity index (χ1n) is 5.83. The minimum absolute atomic E-state index is 0.146. The Morgan fingerprint density at radius 2 is 1.85 bits per heavy atom. The first-order chi connectivity index (χ1) is 9.59. The molecule has 1 atom stereocenters. The summed E-state index contributed by atoms with van der Waals surface area (Å²) >= 11 is 14.6. The molecule has 1 unspecified atom stereocenters. The molecule has 1 aromatic heterocycles. The van der Waals surface area contributed by atoms with Crippen LogP contribution in [0.3, 0.4) is 0 Å². The number of rotatable bonds is 2. The number of thiophene rings is 1. The highest BCUT2D eigenvalue weighted by molar-refractivity contribution is 9.10. The molecule has 0 aliphatic rings. The summed E-state index contributed by atoms with van der Waals surface area (Å²) in [4.78, 5) is -0.218. The number of benzene rings is 2. The van der Waals surface area contributed by atoms with Gasteiger partial charge < -0.3 is 0 Å². The Bertz CT molecular complexity index is 785. The van der Waals surface area contributed by atoms with Crippen LogP contribution in [0.25, 0.3) is 10.1 Å². The van der Waals surface area contributed by atoms with Crippen LogP contribution in [-0.2, 0) is 0 Å². The van der Waals surface area contributed by atoms with Gasteiger partial charge in [0.25, 0.3) is 0 Å². The van der Waals surface area contributed by atoms with Crippen molar-refractivity contribution in [2.24, 2.45) is 0 Å². The standard InChI is InChI=1S/C15H8Br2ClFS/c16-11-5-1-3-8-10(7-20-15(8)11)13(17)9-4-2-6-12(18)14(9)19/h1-7,13H. The van der Waals surface area contributed by atoms with Gasteiger partial charge in [-0.3, -0.25) is 0 Å². The average Bonchev–Trinajstić information content (AvgIpc) is 2.86. The number of hydrogen-bond donors (Lipinski definition) is 0. The Morgan fingerprint density at radius 3 is 2.65 bits per heavy atom. The fourth-order valence-electron chi connectivity index (χ4n) is 2.12. The largest absolute Gasteiger partial charge is 0.205 e. The van der Waals surface area contributed by atoms with E-state index in [1.807, 2.05) is 18.2 Å². The summed E-state index contributed by atoms with van der Waals surface area (Å²) in [6.45, 7) is 0. The molecule has 20 heavy (non-hydrogen) atoms. The first-order valence-corrected chi connectivity index (χ1v) is 8.80. The van der Waals surface area contributed by atoms with Gasteiger partial charge in [-0.15, -0.1) is 11.3 Å². The summed E-state index contributed by atoms with van der Waals surface area (Å²) in [6, 6.07) is 11.1. The van der Waals surface area contributed by atoms with E-state index in [2.05, 4.69) is 37.2 Å². The Labute approximate surface area is 141 Å². The molecule has 0 N–H and O–H groups in total. The van der Waals surface area contributed by atoms with Crippen molar-refractivity contribution in [2.75, 3.05) is 0 Å². The molecule has 2 aromatic carbocycles. The van der Waals surface area contributed by atoms with E-state index in [0.717, 1.165) is 20.1 Å². The van der Waals surface area contributed by atoms with Crippen molar-refractivity contribution in [2.45, 2.75) is 4.83 Å². The minimum Gasteiger partial charge on any atom is -0.205 e. The van der Waals surface area contributed by atoms with Crippen molar-refractivity contribution < 1.29 is 4.39 Å². The van der Waals surface area contributed by atoms with Crippen LogP contribution in [0.4, 0.5) is 4.39 Å². The van der Waals surface area contributed by atoms with Crippen LogP contribution in [-0.4, -0.2) is 0 Å². The van der Waals surface area contributed by atoms with Crippen molar-refractivity contribution in [3.05, 3.63) is 68.2 Å². The van der Waals surface area contributed by atoms with Crippen molar-refractivity contribution >= 4 is 64.9 Å². The van der Waals surface area contributed by atoms with Crippen LogP contribution in [0.15, 0.2) is 46.3 Å². The fourth-order valence-corrected chi connectivity index (χ4v) is 4.86. The Hall–Kier alpha value is -0.420. The topological polar surface area (TPSA) is 0 Å². The lowest BCUT2D eigenvalue weighted by Gasteiger charge is -2.11. The fraction of sp³-hybridized carbons (Fsp3) is 0.0667. The molecule has 0 spiro atoms. The number of hydrogen-bond acceptors (Lipinski definition) is 1. The van der Waals surface area contributed by atoms with E-state index >= 15 is 0 Å². The number of alkyl halides is 1. The van der Waals surface area contributed by atoms with E-state index in [9.17, 15) is 4.39 Å². The van der Waals surface area contributed by atoms with Gasteiger partial charge in [0.15, 0.2) is 0 Å². The molecule has 0 saturated heterocycles. The average molecular weight is 435 g/mol. The van der Waals surface area contributed by atoms with Crippen molar-refractivity contribution in [1.82, 2.24) is 0 Å².